The predicted octanol–water partition coefficient (Wildman–Crippen LogP) is 0.977. The average Bonchev–Trinajstić information content (AvgIpc) is 2.29. The molecule has 6 nitrogen and oxygen atoms in total. The van der Waals surface area contributed by atoms with Gasteiger partial charge in [-0.2, -0.15) is 9.57 Å². The monoisotopic (exact) mass is 268 g/mol. The van der Waals surface area contributed by atoms with Gasteiger partial charge in [0.2, 0.25) is 10.0 Å². The number of nitrogen functional groups attached to an aromatic ring is 1. The van der Waals surface area contributed by atoms with Crippen LogP contribution in [0.3, 0.4) is 0 Å². The number of sulfonamides is 1. The lowest BCUT2D eigenvalue weighted by molar-refractivity contribution is 0.360. The van der Waals surface area contributed by atoms with E-state index in [-0.39, 0.29) is 29.6 Å². The number of aromatic nitrogens is 1. The number of nitrogens with zero attached hydrogens (tertiary/aromatic N) is 3. The van der Waals surface area contributed by atoms with Crippen LogP contribution in [0.15, 0.2) is 23.4 Å². The molecule has 0 aliphatic heterocycles. The summed E-state index contributed by atoms with van der Waals surface area (Å²) in [5, 5.41) is 8.58. The summed E-state index contributed by atoms with van der Waals surface area (Å²) in [5.74, 6) is 0. The fourth-order valence-corrected chi connectivity index (χ4v) is 3.25. The quantitative estimate of drug-likeness (QED) is 0.857. The smallest absolute Gasteiger partial charge is 0.246 e. The lowest BCUT2D eigenvalue weighted by Gasteiger charge is -2.25. The van der Waals surface area contributed by atoms with Crippen molar-refractivity contribution in [2.24, 2.45) is 0 Å². The Kier molecular flexibility index (Phi) is 4.64. The number of hydrogen-bond donors (Lipinski definition) is 1. The first-order valence-electron chi connectivity index (χ1n) is 5.49. The van der Waals surface area contributed by atoms with E-state index in [0.717, 1.165) is 0 Å². The molecule has 0 fully saturated rings. The van der Waals surface area contributed by atoms with Gasteiger partial charge in [-0.05, 0) is 19.9 Å². The predicted molar refractivity (Wildman–Crippen MR) is 67.9 cm³/mol. The zero-order chi connectivity index (χ0) is 13.8. The van der Waals surface area contributed by atoms with Crippen LogP contribution in [-0.4, -0.2) is 30.3 Å². The van der Waals surface area contributed by atoms with E-state index in [9.17, 15) is 8.42 Å². The van der Waals surface area contributed by atoms with Crippen LogP contribution >= 0.6 is 0 Å². The number of pyridine rings is 1. The van der Waals surface area contributed by atoms with Gasteiger partial charge in [0.25, 0.3) is 0 Å². The number of hydrogen-bond acceptors (Lipinski definition) is 5. The van der Waals surface area contributed by atoms with Crippen molar-refractivity contribution in [2.75, 3.05) is 12.3 Å². The summed E-state index contributed by atoms with van der Waals surface area (Å²) < 4.78 is 26.0. The summed E-state index contributed by atoms with van der Waals surface area (Å²) in [6.07, 6.45) is 2.80. The first-order valence-corrected chi connectivity index (χ1v) is 6.93. The molecule has 0 saturated carbocycles. The third-order valence-corrected chi connectivity index (χ3v) is 4.54. The van der Waals surface area contributed by atoms with Crippen LogP contribution in [-0.2, 0) is 10.0 Å². The minimum absolute atomic E-state index is 0.0170. The van der Waals surface area contributed by atoms with Gasteiger partial charge in [-0.15, -0.1) is 0 Å². The topological polar surface area (TPSA) is 100 Å². The third kappa shape index (κ3) is 2.97. The molecule has 1 aromatic rings. The number of nitriles is 1. The van der Waals surface area contributed by atoms with Crippen molar-refractivity contribution >= 4 is 15.7 Å². The van der Waals surface area contributed by atoms with Crippen molar-refractivity contribution in [3.8, 4) is 6.07 Å². The first kappa shape index (κ1) is 14.4. The van der Waals surface area contributed by atoms with Gasteiger partial charge in [-0.25, -0.2) is 8.42 Å². The molecule has 0 bridgehead atoms. The van der Waals surface area contributed by atoms with Gasteiger partial charge >= 0.3 is 0 Å². The maximum atomic E-state index is 12.4. The fourth-order valence-electron chi connectivity index (χ4n) is 1.55. The normalized spacial score (nSPS) is 11.7. The van der Waals surface area contributed by atoms with Crippen molar-refractivity contribution in [3.05, 3.63) is 18.5 Å². The Balaban J connectivity index is 3.19. The standard InChI is InChI=1S/C11H16N4O2S/c1-9(2)15(7-3-5-12)18(16,17)11-8-14-6-4-10(11)13/h4,6,8-9H,3,7H2,1-2H3,(H2,13,14). The Morgan fingerprint density at radius 2 is 2.22 bits per heavy atom. The second kappa shape index (κ2) is 5.80. The Morgan fingerprint density at radius 3 is 2.72 bits per heavy atom. The molecule has 0 saturated heterocycles. The molecule has 0 radical (unpaired) electrons. The SMILES string of the molecule is CC(C)N(CCC#N)S(=O)(=O)c1cnccc1N. The van der Waals surface area contributed by atoms with Crippen LogP contribution in [0.4, 0.5) is 5.69 Å². The van der Waals surface area contributed by atoms with E-state index < -0.39 is 10.0 Å². The second-order valence-electron chi connectivity index (χ2n) is 4.03. The molecule has 0 aliphatic carbocycles. The number of anilines is 1. The third-order valence-electron chi connectivity index (χ3n) is 2.42. The average molecular weight is 268 g/mol. The molecular weight excluding hydrogens is 252 g/mol. The minimum Gasteiger partial charge on any atom is -0.398 e. The van der Waals surface area contributed by atoms with Gasteiger partial charge < -0.3 is 5.73 Å². The molecule has 1 aromatic heterocycles. The highest BCUT2D eigenvalue weighted by Crippen LogP contribution is 2.22. The van der Waals surface area contributed by atoms with E-state index in [2.05, 4.69) is 4.98 Å². The molecule has 0 aromatic carbocycles. The Labute approximate surface area is 107 Å². The molecular formula is C11H16N4O2S. The Hall–Kier alpha value is -1.65. The first-order chi connectivity index (χ1) is 8.41. The van der Waals surface area contributed by atoms with Crippen molar-refractivity contribution < 1.29 is 8.42 Å². The van der Waals surface area contributed by atoms with Crippen molar-refractivity contribution in [1.82, 2.24) is 9.29 Å². The maximum absolute atomic E-state index is 12.4. The van der Waals surface area contributed by atoms with Gasteiger partial charge in [-0.1, -0.05) is 0 Å². The summed E-state index contributed by atoms with van der Waals surface area (Å²) in [6, 6.07) is 3.13. The van der Waals surface area contributed by atoms with Gasteiger partial charge in [-0.3, -0.25) is 4.98 Å². The van der Waals surface area contributed by atoms with E-state index in [4.69, 9.17) is 11.0 Å². The maximum Gasteiger partial charge on any atom is 0.246 e. The number of nitrogens with two attached hydrogens (primary N) is 1. The fraction of sp³-hybridized carbons (Fsp3) is 0.455. The summed E-state index contributed by atoms with van der Waals surface area (Å²) in [5.41, 5.74) is 5.82. The van der Waals surface area contributed by atoms with Crippen molar-refractivity contribution in [1.29, 1.82) is 5.26 Å². The zero-order valence-corrected chi connectivity index (χ0v) is 11.2. The van der Waals surface area contributed by atoms with Crippen LogP contribution in [0.2, 0.25) is 0 Å². The largest absolute Gasteiger partial charge is 0.398 e. The van der Waals surface area contributed by atoms with Crippen LogP contribution in [0, 0.1) is 11.3 Å². The summed E-state index contributed by atoms with van der Waals surface area (Å²) >= 11 is 0. The van der Waals surface area contributed by atoms with E-state index in [0.29, 0.717) is 0 Å². The van der Waals surface area contributed by atoms with Gasteiger partial charge in [0.05, 0.1) is 11.8 Å². The van der Waals surface area contributed by atoms with Crippen LogP contribution in [0.5, 0.6) is 0 Å². The molecule has 1 heterocycles. The zero-order valence-electron chi connectivity index (χ0n) is 10.4. The Bertz CT molecular complexity index is 548. The highest BCUT2D eigenvalue weighted by atomic mass is 32.2. The van der Waals surface area contributed by atoms with Crippen LogP contribution < -0.4 is 5.73 Å². The molecule has 0 aliphatic rings. The van der Waals surface area contributed by atoms with Gasteiger partial charge in [0.15, 0.2) is 0 Å². The molecule has 2 N–H and O–H groups in total. The summed E-state index contributed by atoms with van der Waals surface area (Å²) in [4.78, 5) is 3.77. The van der Waals surface area contributed by atoms with Crippen LogP contribution in [0.1, 0.15) is 20.3 Å². The van der Waals surface area contributed by atoms with E-state index in [1.165, 1.54) is 22.8 Å². The minimum atomic E-state index is -3.71. The molecule has 0 atom stereocenters. The van der Waals surface area contributed by atoms with Crippen molar-refractivity contribution in [3.63, 3.8) is 0 Å². The molecule has 0 unspecified atom stereocenters. The molecule has 98 valence electrons. The van der Waals surface area contributed by atoms with E-state index >= 15 is 0 Å². The Morgan fingerprint density at radius 1 is 1.56 bits per heavy atom. The molecule has 0 amide bonds. The number of rotatable bonds is 5. The van der Waals surface area contributed by atoms with Gasteiger partial charge in [0.1, 0.15) is 4.90 Å². The summed E-state index contributed by atoms with van der Waals surface area (Å²) in [6.45, 7) is 3.65. The van der Waals surface area contributed by atoms with Crippen molar-refractivity contribution in [2.45, 2.75) is 31.2 Å². The lowest BCUT2D eigenvalue weighted by Crippen LogP contribution is -2.38. The highest BCUT2D eigenvalue weighted by molar-refractivity contribution is 7.89. The lowest BCUT2D eigenvalue weighted by atomic mass is 10.3. The van der Waals surface area contributed by atoms with E-state index in [1.54, 1.807) is 13.8 Å². The van der Waals surface area contributed by atoms with Gasteiger partial charge in [0, 0.05) is 31.4 Å². The summed E-state index contributed by atoms with van der Waals surface area (Å²) in [7, 11) is -3.71. The van der Waals surface area contributed by atoms with Crippen LogP contribution in [0.25, 0.3) is 0 Å². The molecule has 0 spiro atoms. The molecule has 1 rings (SSSR count). The second-order valence-corrected chi connectivity index (χ2v) is 5.89. The molecule has 18 heavy (non-hydrogen) atoms. The molecule has 7 heteroatoms. The highest BCUT2D eigenvalue weighted by Gasteiger charge is 2.28. The van der Waals surface area contributed by atoms with E-state index in [1.807, 2.05) is 6.07 Å².